The van der Waals surface area contributed by atoms with Crippen LogP contribution in [0.15, 0.2) is 195 Å². The van der Waals surface area contributed by atoms with E-state index in [2.05, 4.69) is 143 Å². The molecule has 0 unspecified atom stereocenters. The van der Waals surface area contributed by atoms with Crippen LogP contribution in [0.4, 0.5) is 5.69 Å². The molecule has 0 saturated carbocycles. The van der Waals surface area contributed by atoms with Crippen molar-refractivity contribution in [2.75, 3.05) is 12.4 Å². The minimum Gasteiger partial charge on any atom is -0.457 e. The van der Waals surface area contributed by atoms with Gasteiger partial charge in [-0.3, -0.25) is 0 Å². The van der Waals surface area contributed by atoms with E-state index in [1.54, 1.807) is 0 Å². The zero-order valence-electron chi connectivity index (χ0n) is 34.9. The molecule has 0 bridgehead atoms. The lowest BCUT2D eigenvalue weighted by Gasteiger charge is -2.21. The highest BCUT2D eigenvalue weighted by Gasteiger charge is 2.37. The van der Waals surface area contributed by atoms with Crippen LogP contribution in [0.2, 0.25) is 0 Å². The van der Waals surface area contributed by atoms with Crippen LogP contribution in [0, 0.1) is 6.92 Å². The highest BCUT2D eigenvalue weighted by molar-refractivity contribution is 5.96. The summed E-state index contributed by atoms with van der Waals surface area (Å²) in [5, 5.41) is 4.31. The van der Waals surface area contributed by atoms with Crippen LogP contribution in [-0.4, -0.2) is 17.0 Å². The molecule has 0 spiro atoms. The number of ether oxygens (including phenoxy) is 1. The Kier molecular flexibility index (Phi) is 11.4. The lowest BCUT2D eigenvalue weighted by molar-refractivity contribution is 0.479. The average Bonchev–Trinajstić information content (AvgIpc) is 3.53. The van der Waals surface area contributed by atoms with Gasteiger partial charge in [0.1, 0.15) is 11.5 Å². The zero-order chi connectivity index (χ0) is 41.6. The smallest absolute Gasteiger partial charge is 0.161 e. The van der Waals surface area contributed by atoms with Crippen LogP contribution in [0.5, 0.6) is 11.5 Å². The van der Waals surface area contributed by atoms with E-state index in [0.29, 0.717) is 0 Å². The van der Waals surface area contributed by atoms with Crippen molar-refractivity contribution in [3.05, 3.63) is 222 Å². The van der Waals surface area contributed by atoms with Crippen molar-refractivity contribution in [2.45, 2.75) is 33.1 Å². The zero-order valence-corrected chi connectivity index (χ0v) is 34.9. The van der Waals surface area contributed by atoms with Gasteiger partial charge in [0.25, 0.3) is 0 Å². The van der Waals surface area contributed by atoms with E-state index in [4.69, 9.17) is 14.7 Å². The van der Waals surface area contributed by atoms with Crippen molar-refractivity contribution in [3.63, 3.8) is 0 Å². The standard InChI is InChI=1S/C50H43N3O.C6H6/c1-7-15-35(30-32(2)38-16-9-12-22-44(38)51-6)36-26-29-46(33(3)31-36)54-37-27-24-34(25-28-37)48-40-18-10-13-23-45(40)52-49(53-48)41-19-14-21-43-47(41)39-17-8-11-20-42(39)50(43,4)5;1-2-4-6-5-3-1/h7-31,51H,1H2,2-6H3;1-6H/b32-30+,35-15+;. The fraction of sp³-hybridized carbons (Fsp3) is 0.107. The molecule has 60 heavy (non-hydrogen) atoms. The molecule has 8 aromatic rings. The SMILES string of the molecule is C=C/C=C(\C=C(/C)c1ccccc1NC)c1ccc(Oc2ccc(-c3nc(-c4cccc5c4-c4ccccc4C5(C)C)nc4ccccc34)cc2)c(C)c1.c1ccccc1. The number of anilines is 1. The fourth-order valence-electron chi connectivity index (χ4n) is 8.20. The number of benzene rings is 7. The normalized spacial score (nSPS) is 12.8. The fourth-order valence-corrected chi connectivity index (χ4v) is 8.20. The van der Waals surface area contributed by atoms with Gasteiger partial charge >= 0.3 is 0 Å². The first kappa shape index (κ1) is 39.5. The molecule has 1 N–H and O–H groups in total. The number of aryl methyl sites for hydroxylation is 1. The Morgan fingerprint density at radius 3 is 2.08 bits per heavy atom. The molecule has 1 heterocycles. The summed E-state index contributed by atoms with van der Waals surface area (Å²) in [6.45, 7) is 12.8. The van der Waals surface area contributed by atoms with E-state index < -0.39 is 0 Å². The van der Waals surface area contributed by atoms with E-state index in [1.807, 2.05) is 92.0 Å². The number of fused-ring (bicyclic) bond motifs is 4. The van der Waals surface area contributed by atoms with Gasteiger partial charge in [0.2, 0.25) is 0 Å². The Morgan fingerprint density at radius 2 is 1.35 bits per heavy atom. The maximum atomic E-state index is 6.46. The molecule has 1 aromatic heterocycles. The number of hydrogen-bond acceptors (Lipinski definition) is 4. The van der Waals surface area contributed by atoms with E-state index in [1.165, 1.54) is 27.8 Å². The first-order valence-electron chi connectivity index (χ1n) is 20.4. The minimum atomic E-state index is -0.101. The third-order valence-electron chi connectivity index (χ3n) is 11.3. The van der Waals surface area contributed by atoms with Gasteiger partial charge in [-0.05, 0) is 107 Å². The van der Waals surface area contributed by atoms with Crippen LogP contribution in [0.1, 0.15) is 48.6 Å². The van der Waals surface area contributed by atoms with Crippen molar-refractivity contribution >= 4 is 27.7 Å². The molecule has 9 rings (SSSR count). The number of rotatable bonds is 9. The van der Waals surface area contributed by atoms with Crippen molar-refractivity contribution in [2.24, 2.45) is 0 Å². The van der Waals surface area contributed by atoms with Crippen LogP contribution in [-0.2, 0) is 5.41 Å². The number of nitrogens with zero attached hydrogens (tertiary/aromatic N) is 2. The molecule has 1 aliphatic rings. The minimum absolute atomic E-state index is 0.101. The molecular weight excluding hydrogens is 731 g/mol. The van der Waals surface area contributed by atoms with E-state index >= 15 is 0 Å². The highest BCUT2D eigenvalue weighted by Crippen LogP contribution is 2.51. The van der Waals surface area contributed by atoms with Gasteiger partial charge < -0.3 is 10.1 Å². The lowest BCUT2D eigenvalue weighted by Crippen LogP contribution is -2.14. The lowest BCUT2D eigenvalue weighted by atomic mass is 9.82. The Bertz CT molecular complexity index is 2860. The predicted octanol–water partition coefficient (Wildman–Crippen LogP) is 14.8. The summed E-state index contributed by atoms with van der Waals surface area (Å²) >= 11 is 0. The molecule has 0 radical (unpaired) electrons. The molecular formula is C56H49N3O. The molecule has 0 atom stereocenters. The molecule has 294 valence electrons. The van der Waals surface area contributed by atoms with Gasteiger partial charge in [0.05, 0.1) is 11.2 Å². The third-order valence-corrected chi connectivity index (χ3v) is 11.3. The monoisotopic (exact) mass is 779 g/mol. The van der Waals surface area contributed by atoms with Crippen LogP contribution < -0.4 is 10.1 Å². The summed E-state index contributed by atoms with van der Waals surface area (Å²) < 4.78 is 6.46. The van der Waals surface area contributed by atoms with E-state index in [0.717, 1.165) is 73.0 Å². The molecule has 7 aromatic carbocycles. The highest BCUT2D eigenvalue weighted by atomic mass is 16.5. The summed E-state index contributed by atoms with van der Waals surface area (Å²) in [5.74, 6) is 2.29. The van der Waals surface area contributed by atoms with E-state index in [-0.39, 0.29) is 5.41 Å². The third kappa shape index (κ3) is 7.93. The quantitative estimate of drug-likeness (QED) is 0.148. The Labute approximate surface area is 354 Å². The van der Waals surface area contributed by atoms with Crippen molar-refractivity contribution in [3.8, 4) is 45.3 Å². The number of hydrogen-bond donors (Lipinski definition) is 1. The second kappa shape index (κ2) is 17.3. The number of aromatic nitrogens is 2. The second-order valence-electron chi connectivity index (χ2n) is 15.6. The summed E-state index contributed by atoms with van der Waals surface area (Å²) in [6.07, 6.45) is 6.09. The van der Waals surface area contributed by atoms with Crippen molar-refractivity contribution < 1.29 is 4.74 Å². The summed E-state index contributed by atoms with van der Waals surface area (Å²) in [7, 11) is 1.95. The maximum Gasteiger partial charge on any atom is 0.161 e. The van der Waals surface area contributed by atoms with Gasteiger partial charge in [-0.2, -0.15) is 0 Å². The number of allylic oxidation sites excluding steroid dienone is 5. The molecule has 0 saturated heterocycles. The molecule has 4 heteroatoms. The summed E-state index contributed by atoms with van der Waals surface area (Å²) in [5.41, 5.74) is 15.5. The predicted molar refractivity (Wildman–Crippen MR) is 253 cm³/mol. The number of para-hydroxylation sites is 2. The first-order valence-corrected chi connectivity index (χ1v) is 20.4. The van der Waals surface area contributed by atoms with Gasteiger partial charge in [-0.1, -0.05) is 160 Å². The van der Waals surface area contributed by atoms with Crippen LogP contribution in [0.25, 0.3) is 55.8 Å². The van der Waals surface area contributed by atoms with Crippen LogP contribution in [0.3, 0.4) is 0 Å². The van der Waals surface area contributed by atoms with Crippen molar-refractivity contribution in [1.29, 1.82) is 0 Å². The van der Waals surface area contributed by atoms with Crippen LogP contribution >= 0.6 is 0 Å². The Morgan fingerprint density at radius 1 is 0.683 bits per heavy atom. The van der Waals surface area contributed by atoms with Gasteiger partial charge in [0, 0.05) is 40.2 Å². The van der Waals surface area contributed by atoms with Gasteiger partial charge in [-0.25, -0.2) is 9.97 Å². The average molecular weight is 780 g/mol. The topological polar surface area (TPSA) is 47.0 Å². The molecule has 1 aliphatic carbocycles. The maximum absolute atomic E-state index is 6.46. The molecule has 0 fully saturated rings. The van der Waals surface area contributed by atoms with Gasteiger partial charge in [-0.15, -0.1) is 0 Å². The Balaban J connectivity index is 0.000000765. The first-order chi connectivity index (χ1) is 29.3. The molecule has 4 nitrogen and oxygen atoms in total. The van der Waals surface area contributed by atoms with E-state index in [9.17, 15) is 0 Å². The van der Waals surface area contributed by atoms with Gasteiger partial charge in [0.15, 0.2) is 5.82 Å². The Hall–Kier alpha value is -7.30. The summed E-state index contributed by atoms with van der Waals surface area (Å²) in [4.78, 5) is 10.4. The number of nitrogens with one attached hydrogen (secondary N) is 1. The molecule has 0 aliphatic heterocycles. The largest absolute Gasteiger partial charge is 0.457 e. The second-order valence-corrected chi connectivity index (χ2v) is 15.6. The van der Waals surface area contributed by atoms with Crippen molar-refractivity contribution in [1.82, 2.24) is 9.97 Å². The molecule has 0 amide bonds. The summed E-state index contributed by atoms with van der Waals surface area (Å²) in [6, 6.07) is 58.4.